The molecule has 1 aromatic carbocycles. The van der Waals surface area contributed by atoms with Gasteiger partial charge >= 0.3 is 6.03 Å². The second-order valence-corrected chi connectivity index (χ2v) is 4.28. The van der Waals surface area contributed by atoms with Gasteiger partial charge in [-0.3, -0.25) is 0 Å². The summed E-state index contributed by atoms with van der Waals surface area (Å²) in [6, 6.07) is 3.67. The molecule has 0 bridgehead atoms. The van der Waals surface area contributed by atoms with Crippen molar-refractivity contribution >= 4 is 17.4 Å². The highest BCUT2D eigenvalue weighted by molar-refractivity contribution is 5.90. The summed E-state index contributed by atoms with van der Waals surface area (Å²) in [5, 5.41) is 5.58. The molecule has 88 valence electrons. The van der Waals surface area contributed by atoms with Crippen LogP contribution in [-0.4, -0.2) is 12.1 Å². The second-order valence-electron chi connectivity index (χ2n) is 4.28. The van der Waals surface area contributed by atoms with E-state index in [0.717, 1.165) is 22.5 Å². The van der Waals surface area contributed by atoms with Crippen molar-refractivity contribution < 1.29 is 4.79 Å². The standard InChI is InChI=1S/C12H19N3O/c1-7(2)14-12(16)15-11-6-8(3)10(13)5-9(11)4/h5-7H,13H2,1-4H3,(H2,14,15,16). The predicted molar refractivity (Wildman–Crippen MR) is 67.6 cm³/mol. The van der Waals surface area contributed by atoms with Gasteiger partial charge in [-0.1, -0.05) is 0 Å². The van der Waals surface area contributed by atoms with Crippen molar-refractivity contribution in [2.45, 2.75) is 33.7 Å². The maximum atomic E-state index is 11.5. The molecule has 1 aromatic rings. The van der Waals surface area contributed by atoms with Gasteiger partial charge in [0.25, 0.3) is 0 Å². The van der Waals surface area contributed by atoms with E-state index >= 15 is 0 Å². The molecule has 0 saturated carbocycles. The Balaban J connectivity index is 2.81. The minimum atomic E-state index is -0.192. The molecule has 0 heterocycles. The molecule has 0 aliphatic carbocycles. The Kier molecular flexibility index (Phi) is 3.77. The quantitative estimate of drug-likeness (QED) is 0.671. The average molecular weight is 221 g/mol. The molecule has 16 heavy (non-hydrogen) atoms. The van der Waals surface area contributed by atoms with E-state index < -0.39 is 0 Å². The van der Waals surface area contributed by atoms with Gasteiger partial charge < -0.3 is 16.4 Å². The highest BCUT2D eigenvalue weighted by Crippen LogP contribution is 2.21. The van der Waals surface area contributed by atoms with Crippen molar-refractivity contribution in [3.8, 4) is 0 Å². The van der Waals surface area contributed by atoms with Crippen molar-refractivity contribution in [3.63, 3.8) is 0 Å². The van der Waals surface area contributed by atoms with Crippen LogP contribution in [0.2, 0.25) is 0 Å². The molecule has 4 N–H and O–H groups in total. The summed E-state index contributed by atoms with van der Waals surface area (Å²) in [6.45, 7) is 7.67. The molecule has 0 saturated heterocycles. The molecular weight excluding hydrogens is 202 g/mol. The van der Waals surface area contributed by atoms with E-state index in [2.05, 4.69) is 10.6 Å². The van der Waals surface area contributed by atoms with Crippen molar-refractivity contribution in [2.75, 3.05) is 11.1 Å². The van der Waals surface area contributed by atoms with Gasteiger partial charge in [-0.05, 0) is 51.0 Å². The highest BCUT2D eigenvalue weighted by atomic mass is 16.2. The van der Waals surface area contributed by atoms with Gasteiger partial charge in [-0.15, -0.1) is 0 Å². The number of carbonyl (C=O) groups excluding carboxylic acids is 1. The summed E-state index contributed by atoms with van der Waals surface area (Å²) in [7, 11) is 0. The van der Waals surface area contributed by atoms with Crippen LogP contribution in [0.4, 0.5) is 16.2 Å². The molecule has 0 unspecified atom stereocenters. The molecule has 0 aliphatic rings. The lowest BCUT2D eigenvalue weighted by Crippen LogP contribution is -2.34. The normalized spacial score (nSPS) is 10.3. The molecule has 1 rings (SSSR count). The van der Waals surface area contributed by atoms with Gasteiger partial charge in [0.2, 0.25) is 0 Å². The molecule has 0 aromatic heterocycles. The van der Waals surface area contributed by atoms with E-state index in [9.17, 15) is 4.79 Å². The Morgan fingerprint density at radius 3 is 2.44 bits per heavy atom. The Bertz CT molecular complexity index is 399. The second kappa shape index (κ2) is 4.88. The largest absolute Gasteiger partial charge is 0.399 e. The SMILES string of the molecule is Cc1cc(NC(=O)NC(C)C)c(C)cc1N. The number of urea groups is 1. The lowest BCUT2D eigenvalue weighted by Gasteiger charge is -2.13. The zero-order valence-corrected chi connectivity index (χ0v) is 10.2. The van der Waals surface area contributed by atoms with Crippen molar-refractivity contribution in [3.05, 3.63) is 23.3 Å². The maximum absolute atomic E-state index is 11.5. The zero-order valence-electron chi connectivity index (χ0n) is 10.2. The smallest absolute Gasteiger partial charge is 0.319 e. The van der Waals surface area contributed by atoms with E-state index in [0.29, 0.717) is 0 Å². The number of nitrogens with two attached hydrogens (primary N) is 1. The Hall–Kier alpha value is -1.71. The first-order valence-corrected chi connectivity index (χ1v) is 5.34. The number of benzene rings is 1. The first kappa shape index (κ1) is 12.4. The number of hydrogen-bond donors (Lipinski definition) is 3. The first-order valence-electron chi connectivity index (χ1n) is 5.34. The number of nitrogen functional groups attached to an aromatic ring is 1. The van der Waals surface area contributed by atoms with Crippen LogP contribution < -0.4 is 16.4 Å². The number of aryl methyl sites for hydroxylation is 2. The van der Waals surface area contributed by atoms with Gasteiger partial charge in [0.1, 0.15) is 0 Å². The van der Waals surface area contributed by atoms with Crippen LogP contribution >= 0.6 is 0 Å². The average Bonchev–Trinajstić information content (AvgIpc) is 2.12. The van der Waals surface area contributed by atoms with Crippen LogP contribution in [0.1, 0.15) is 25.0 Å². The summed E-state index contributed by atoms with van der Waals surface area (Å²) in [5.74, 6) is 0. The number of hydrogen-bond acceptors (Lipinski definition) is 2. The van der Waals surface area contributed by atoms with Crippen LogP contribution in [0.15, 0.2) is 12.1 Å². The number of carbonyl (C=O) groups is 1. The summed E-state index contributed by atoms with van der Waals surface area (Å²) in [6.07, 6.45) is 0. The first-order chi connectivity index (χ1) is 7.40. The lowest BCUT2D eigenvalue weighted by atomic mass is 10.1. The van der Waals surface area contributed by atoms with Crippen LogP contribution in [0.5, 0.6) is 0 Å². The summed E-state index contributed by atoms with van der Waals surface area (Å²) in [4.78, 5) is 11.5. The molecule has 2 amide bonds. The van der Waals surface area contributed by atoms with E-state index in [1.165, 1.54) is 0 Å². The zero-order chi connectivity index (χ0) is 12.3. The Morgan fingerprint density at radius 1 is 1.25 bits per heavy atom. The van der Waals surface area contributed by atoms with E-state index in [-0.39, 0.29) is 12.1 Å². The Morgan fingerprint density at radius 2 is 1.88 bits per heavy atom. The van der Waals surface area contributed by atoms with Crippen LogP contribution in [0, 0.1) is 13.8 Å². The summed E-state index contributed by atoms with van der Waals surface area (Å²) >= 11 is 0. The molecule has 0 radical (unpaired) electrons. The summed E-state index contributed by atoms with van der Waals surface area (Å²) in [5.41, 5.74) is 9.24. The predicted octanol–water partition coefficient (Wildman–Crippen LogP) is 2.42. The van der Waals surface area contributed by atoms with Crippen molar-refractivity contribution in [1.29, 1.82) is 0 Å². The lowest BCUT2D eigenvalue weighted by molar-refractivity contribution is 0.250. The molecule has 4 heteroatoms. The fraction of sp³-hybridized carbons (Fsp3) is 0.417. The molecule has 0 atom stereocenters. The third-order valence-electron chi connectivity index (χ3n) is 2.28. The van der Waals surface area contributed by atoms with Gasteiger partial charge in [0.05, 0.1) is 0 Å². The van der Waals surface area contributed by atoms with E-state index in [1.54, 1.807) is 0 Å². The van der Waals surface area contributed by atoms with E-state index in [4.69, 9.17) is 5.73 Å². The van der Waals surface area contributed by atoms with Gasteiger partial charge in [0.15, 0.2) is 0 Å². The fourth-order valence-electron chi connectivity index (χ4n) is 1.39. The van der Waals surface area contributed by atoms with Crippen LogP contribution in [0.3, 0.4) is 0 Å². The molecule has 0 fully saturated rings. The minimum absolute atomic E-state index is 0.121. The minimum Gasteiger partial charge on any atom is -0.399 e. The molecule has 4 nitrogen and oxygen atoms in total. The maximum Gasteiger partial charge on any atom is 0.319 e. The van der Waals surface area contributed by atoms with Gasteiger partial charge in [-0.2, -0.15) is 0 Å². The van der Waals surface area contributed by atoms with Crippen LogP contribution in [-0.2, 0) is 0 Å². The summed E-state index contributed by atoms with van der Waals surface area (Å²) < 4.78 is 0. The fourth-order valence-corrected chi connectivity index (χ4v) is 1.39. The number of anilines is 2. The van der Waals surface area contributed by atoms with Crippen LogP contribution in [0.25, 0.3) is 0 Å². The van der Waals surface area contributed by atoms with E-state index in [1.807, 2.05) is 39.8 Å². The molecule has 0 spiro atoms. The molecule has 0 aliphatic heterocycles. The third-order valence-corrected chi connectivity index (χ3v) is 2.28. The highest BCUT2D eigenvalue weighted by Gasteiger charge is 2.07. The monoisotopic (exact) mass is 221 g/mol. The number of amides is 2. The number of rotatable bonds is 2. The molecular formula is C12H19N3O. The third kappa shape index (κ3) is 3.15. The Labute approximate surface area is 96.2 Å². The number of nitrogens with one attached hydrogen (secondary N) is 2. The van der Waals surface area contributed by atoms with Crippen molar-refractivity contribution in [1.82, 2.24) is 5.32 Å². The topological polar surface area (TPSA) is 67.2 Å². The van der Waals surface area contributed by atoms with Gasteiger partial charge in [0, 0.05) is 17.4 Å². The van der Waals surface area contributed by atoms with Gasteiger partial charge in [-0.25, -0.2) is 4.79 Å². The van der Waals surface area contributed by atoms with Crippen molar-refractivity contribution in [2.24, 2.45) is 0 Å².